The molecule has 164 valence electrons. The second-order valence-corrected chi connectivity index (χ2v) is 8.32. The van der Waals surface area contributed by atoms with E-state index in [4.69, 9.17) is 4.74 Å². The standard InChI is InChI=1S/C26H28N4O2/c1-16(2)32-22-11-9-20(10-12-22)14-28-26(31)23-15-27-25-24(18(4)29-30(25)19(23)5)21-8-6-7-17(3)13-21/h6-13,15-16H,14H2,1-5H3,(H,28,31). The number of amides is 1. The van der Waals surface area contributed by atoms with Crippen LogP contribution in [-0.4, -0.2) is 26.6 Å². The van der Waals surface area contributed by atoms with Crippen molar-refractivity contribution in [2.75, 3.05) is 0 Å². The Hall–Kier alpha value is -3.67. The fourth-order valence-corrected chi connectivity index (χ4v) is 3.80. The molecule has 32 heavy (non-hydrogen) atoms. The van der Waals surface area contributed by atoms with Crippen molar-refractivity contribution in [3.8, 4) is 16.9 Å². The molecule has 1 N–H and O–H groups in total. The third kappa shape index (κ3) is 4.35. The second kappa shape index (κ2) is 8.83. The van der Waals surface area contributed by atoms with E-state index in [-0.39, 0.29) is 12.0 Å². The number of carbonyl (C=O) groups is 1. The molecule has 4 rings (SSSR count). The van der Waals surface area contributed by atoms with Gasteiger partial charge in [-0.15, -0.1) is 0 Å². The highest BCUT2D eigenvalue weighted by Crippen LogP contribution is 2.28. The predicted molar refractivity (Wildman–Crippen MR) is 126 cm³/mol. The van der Waals surface area contributed by atoms with Crippen molar-refractivity contribution in [3.63, 3.8) is 0 Å². The summed E-state index contributed by atoms with van der Waals surface area (Å²) in [7, 11) is 0. The average Bonchev–Trinajstić information content (AvgIpc) is 3.10. The average molecular weight is 429 g/mol. The smallest absolute Gasteiger partial charge is 0.254 e. The van der Waals surface area contributed by atoms with Crippen molar-refractivity contribution in [2.45, 2.75) is 47.3 Å². The van der Waals surface area contributed by atoms with Crippen molar-refractivity contribution in [1.29, 1.82) is 0 Å². The number of carbonyl (C=O) groups excluding carboxylic acids is 1. The zero-order chi connectivity index (χ0) is 22.8. The van der Waals surface area contributed by atoms with E-state index in [0.29, 0.717) is 12.1 Å². The van der Waals surface area contributed by atoms with Gasteiger partial charge in [-0.3, -0.25) is 4.79 Å². The van der Waals surface area contributed by atoms with Crippen molar-refractivity contribution in [3.05, 3.63) is 82.8 Å². The number of benzene rings is 2. The Morgan fingerprint density at radius 3 is 2.53 bits per heavy atom. The van der Waals surface area contributed by atoms with E-state index in [2.05, 4.69) is 40.5 Å². The first-order valence-corrected chi connectivity index (χ1v) is 10.8. The van der Waals surface area contributed by atoms with Gasteiger partial charge < -0.3 is 10.1 Å². The Balaban J connectivity index is 1.56. The van der Waals surface area contributed by atoms with E-state index < -0.39 is 0 Å². The van der Waals surface area contributed by atoms with E-state index in [1.165, 1.54) is 5.56 Å². The number of aryl methyl sites for hydroxylation is 3. The molecule has 6 nitrogen and oxygen atoms in total. The molecule has 1 amide bonds. The van der Waals surface area contributed by atoms with E-state index in [9.17, 15) is 4.79 Å². The van der Waals surface area contributed by atoms with Crippen LogP contribution in [0.3, 0.4) is 0 Å². The largest absolute Gasteiger partial charge is 0.491 e. The molecule has 0 fully saturated rings. The van der Waals surface area contributed by atoms with Crippen LogP contribution >= 0.6 is 0 Å². The molecular formula is C26H28N4O2. The summed E-state index contributed by atoms with van der Waals surface area (Å²) in [5.41, 5.74) is 7.15. The van der Waals surface area contributed by atoms with Gasteiger partial charge in [0.1, 0.15) is 5.75 Å². The van der Waals surface area contributed by atoms with Gasteiger partial charge in [0.25, 0.3) is 5.91 Å². The number of rotatable bonds is 6. The van der Waals surface area contributed by atoms with Crippen LogP contribution in [0.25, 0.3) is 16.8 Å². The molecule has 0 unspecified atom stereocenters. The van der Waals surface area contributed by atoms with Crippen LogP contribution in [0.4, 0.5) is 0 Å². The summed E-state index contributed by atoms with van der Waals surface area (Å²) in [6.07, 6.45) is 1.77. The third-order valence-corrected chi connectivity index (χ3v) is 5.36. The van der Waals surface area contributed by atoms with E-state index in [1.807, 2.05) is 58.0 Å². The summed E-state index contributed by atoms with van der Waals surface area (Å²) in [4.78, 5) is 17.5. The lowest BCUT2D eigenvalue weighted by Crippen LogP contribution is -2.24. The van der Waals surface area contributed by atoms with Gasteiger partial charge in [0.05, 0.1) is 23.1 Å². The van der Waals surface area contributed by atoms with Crippen LogP contribution in [0.2, 0.25) is 0 Å². The fraction of sp³-hybridized carbons (Fsp3) is 0.269. The highest BCUT2D eigenvalue weighted by atomic mass is 16.5. The SMILES string of the molecule is Cc1cccc(-c2c(C)nn3c(C)c(C(=O)NCc4ccc(OC(C)C)cc4)cnc23)c1. The summed E-state index contributed by atoms with van der Waals surface area (Å²) < 4.78 is 7.43. The van der Waals surface area contributed by atoms with E-state index >= 15 is 0 Å². The summed E-state index contributed by atoms with van der Waals surface area (Å²) in [6, 6.07) is 16.0. The lowest BCUT2D eigenvalue weighted by atomic mass is 10.0. The fourth-order valence-electron chi connectivity index (χ4n) is 3.80. The monoisotopic (exact) mass is 428 g/mol. The summed E-state index contributed by atoms with van der Waals surface area (Å²) in [6.45, 7) is 10.3. The number of nitrogens with one attached hydrogen (secondary N) is 1. The maximum Gasteiger partial charge on any atom is 0.254 e. The molecule has 6 heteroatoms. The van der Waals surface area contributed by atoms with Crippen LogP contribution in [0.15, 0.2) is 54.7 Å². The van der Waals surface area contributed by atoms with Crippen molar-refractivity contribution in [2.24, 2.45) is 0 Å². The number of fused-ring (bicyclic) bond motifs is 1. The minimum Gasteiger partial charge on any atom is -0.491 e. The van der Waals surface area contributed by atoms with Crippen molar-refractivity contribution >= 4 is 11.6 Å². The van der Waals surface area contributed by atoms with Gasteiger partial charge in [0.15, 0.2) is 5.65 Å². The first-order chi connectivity index (χ1) is 15.3. The van der Waals surface area contributed by atoms with Gasteiger partial charge in [-0.2, -0.15) is 5.10 Å². The molecule has 0 atom stereocenters. The normalized spacial score (nSPS) is 11.2. The molecule has 0 radical (unpaired) electrons. The molecule has 0 saturated carbocycles. The van der Waals surface area contributed by atoms with Gasteiger partial charge in [-0.25, -0.2) is 9.50 Å². The maximum absolute atomic E-state index is 12.9. The molecule has 4 aromatic rings. The summed E-state index contributed by atoms with van der Waals surface area (Å²) >= 11 is 0. The van der Waals surface area contributed by atoms with Crippen molar-refractivity contribution in [1.82, 2.24) is 19.9 Å². The van der Waals surface area contributed by atoms with Gasteiger partial charge in [0.2, 0.25) is 0 Å². The predicted octanol–water partition coefficient (Wildman–Crippen LogP) is 5.04. The highest BCUT2D eigenvalue weighted by Gasteiger charge is 2.18. The number of aromatic nitrogens is 3. The van der Waals surface area contributed by atoms with Crippen molar-refractivity contribution < 1.29 is 9.53 Å². The first-order valence-electron chi connectivity index (χ1n) is 10.8. The zero-order valence-corrected chi connectivity index (χ0v) is 19.1. The topological polar surface area (TPSA) is 68.5 Å². The molecule has 0 aliphatic rings. The van der Waals surface area contributed by atoms with Gasteiger partial charge >= 0.3 is 0 Å². The van der Waals surface area contributed by atoms with Crippen LogP contribution in [0.1, 0.15) is 46.7 Å². The Labute approximate surface area is 188 Å². The third-order valence-electron chi connectivity index (χ3n) is 5.36. The first kappa shape index (κ1) is 21.6. The zero-order valence-electron chi connectivity index (χ0n) is 19.1. The summed E-state index contributed by atoms with van der Waals surface area (Å²) in [5, 5.41) is 7.65. The molecule has 0 spiro atoms. The lowest BCUT2D eigenvalue weighted by Gasteiger charge is -2.11. The second-order valence-electron chi connectivity index (χ2n) is 8.32. The summed E-state index contributed by atoms with van der Waals surface area (Å²) in [5.74, 6) is 0.642. The minimum absolute atomic E-state index is 0.128. The van der Waals surface area contributed by atoms with Crippen LogP contribution < -0.4 is 10.1 Å². The van der Waals surface area contributed by atoms with Crippen LogP contribution in [-0.2, 0) is 6.54 Å². The van der Waals surface area contributed by atoms with Gasteiger partial charge in [0, 0.05) is 18.3 Å². The molecular weight excluding hydrogens is 400 g/mol. The van der Waals surface area contributed by atoms with Crippen LogP contribution in [0, 0.1) is 20.8 Å². The molecule has 0 aliphatic heterocycles. The molecule has 2 aromatic heterocycles. The molecule has 0 saturated heterocycles. The highest BCUT2D eigenvalue weighted by molar-refractivity contribution is 5.95. The quantitative estimate of drug-likeness (QED) is 0.467. The van der Waals surface area contributed by atoms with Crippen LogP contribution in [0.5, 0.6) is 5.75 Å². The Morgan fingerprint density at radius 2 is 1.84 bits per heavy atom. The van der Waals surface area contributed by atoms with Gasteiger partial charge in [-0.1, -0.05) is 42.0 Å². The molecule has 2 aromatic carbocycles. The van der Waals surface area contributed by atoms with Gasteiger partial charge in [-0.05, 0) is 57.9 Å². The number of nitrogens with zero attached hydrogens (tertiary/aromatic N) is 3. The van der Waals surface area contributed by atoms with E-state index in [1.54, 1.807) is 10.7 Å². The number of ether oxygens (including phenoxy) is 1. The lowest BCUT2D eigenvalue weighted by molar-refractivity contribution is 0.0949. The number of hydrogen-bond donors (Lipinski definition) is 1. The van der Waals surface area contributed by atoms with E-state index in [0.717, 1.165) is 39.5 Å². The molecule has 2 heterocycles. The molecule has 0 bridgehead atoms. The Kier molecular flexibility index (Phi) is 5.95. The maximum atomic E-state index is 12.9. The Morgan fingerprint density at radius 1 is 1.09 bits per heavy atom. The minimum atomic E-state index is -0.176. The molecule has 0 aliphatic carbocycles. The number of hydrogen-bond acceptors (Lipinski definition) is 4. The Bertz CT molecular complexity index is 1270.